The quantitative estimate of drug-likeness (QED) is 0.671. The minimum Gasteiger partial charge on any atom is -0.465 e. The molecule has 0 aliphatic heterocycles. The molecule has 0 aliphatic carbocycles. The van der Waals surface area contributed by atoms with Crippen molar-refractivity contribution in [3.05, 3.63) is 0 Å². The van der Waals surface area contributed by atoms with E-state index in [0.717, 1.165) is 0 Å². The summed E-state index contributed by atoms with van der Waals surface area (Å²) < 4.78 is 5.06. The van der Waals surface area contributed by atoms with Crippen molar-refractivity contribution in [1.82, 2.24) is 0 Å². The molecule has 0 heterocycles. The standard InChI is InChI=1S/C13H26O4/c1-6-11(16)17-9-13(4,5)10(15)7-12(2,3)8-14/h10,14-15H,6-9H2,1-5H3. The molecule has 0 saturated heterocycles. The van der Waals surface area contributed by atoms with E-state index in [1.807, 2.05) is 27.7 Å². The van der Waals surface area contributed by atoms with Gasteiger partial charge in [0.15, 0.2) is 0 Å². The zero-order valence-electron chi connectivity index (χ0n) is 11.6. The molecule has 102 valence electrons. The molecule has 0 fully saturated rings. The van der Waals surface area contributed by atoms with Gasteiger partial charge in [-0.3, -0.25) is 4.79 Å². The number of carbonyl (C=O) groups is 1. The summed E-state index contributed by atoms with van der Waals surface area (Å²) in [6.45, 7) is 9.45. The average molecular weight is 246 g/mol. The SMILES string of the molecule is CCC(=O)OCC(C)(C)C(O)CC(C)(C)CO. The van der Waals surface area contributed by atoms with Crippen molar-refractivity contribution in [2.45, 2.75) is 53.6 Å². The third kappa shape index (κ3) is 6.03. The van der Waals surface area contributed by atoms with Crippen LogP contribution < -0.4 is 0 Å². The molecule has 0 spiro atoms. The van der Waals surface area contributed by atoms with Gasteiger partial charge in [0.25, 0.3) is 0 Å². The summed E-state index contributed by atoms with van der Waals surface area (Å²) in [7, 11) is 0. The molecule has 4 heteroatoms. The zero-order chi connectivity index (χ0) is 13.7. The summed E-state index contributed by atoms with van der Waals surface area (Å²) in [6.07, 6.45) is 0.198. The number of aliphatic hydroxyl groups is 2. The van der Waals surface area contributed by atoms with Gasteiger partial charge in [0.05, 0.1) is 12.7 Å². The van der Waals surface area contributed by atoms with Crippen LogP contribution in [0, 0.1) is 10.8 Å². The maximum absolute atomic E-state index is 11.1. The Bertz CT molecular complexity index is 246. The molecule has 0 amide bonds. The fourth-order valence-corrected chi connectivity index (χ4v) is 1.33. The van der Waals surface area contributed by atoms with Crippen LogP contribution in [-0.4, -0.2) is 35.5 Å². The van der Waals surface area contributed by atoms with Crippen LogP contribution in [0.1, 0.15) is 47.5 Å². The van der Waals surface area contributed by atoms with Crippen molar-refractivity contribution >= 4 is 5.97 Å². The highest BCUT2D eigenvalue weighted by atomic mass is 16.5. The predicted octanol–water partition coefficient (Wildman–Crippen LogP) is 1.74. The number of rotatable bonds is 7. The summed E-state index contributed by atoms with van der Waals surface area (Å²) in [5.41, 5.74) is -0.831. The summed E-state index contributed by atoms with van der Waals surface area (Å²) in [4.78, 5) is 11.1. The van der Waals surface area contributed by atoms with E-state index in [1.54, 1.807) is 6.92 Å². The van der Waals surface area contributed by atoms with Gasteiger partial charge < -0.3 is 14.9 Å². The number of hydrogen-bond donors (Lipinski definition) is 2. The van der Waals surface area contributed by atoms with Crippen molar-refractivity contribution < 1.29 is 19.7 Å². The predicted molar refractivity (Wildman–Crippen MR) is 66.5 cm³/mol. The molecular weight excluding hydrogens is 220 g/mol. The average Bonchev–Trinajstić information content (AvgIpc) is 2.25. The molecule has 2 N–H and O–H groups in total. The van der Waals surface area contributed by atoms with E-state index in [2.05, 4.69) is 0 Å². The van der Waals surface area contributed by atoms with E-state index in [9.17, 15) is 9.90 Å². The van der Waals surface area contributed by atoms with Crippen LogP contribution in [0.15, 0.2) is 0 Å². The first-order chi connectivity index (χ1) is 7.64. The molecule has 4 nitrogen and oxygen atoms in total. The highest BCUT2D eigenvalue weighted by Crippen LogP contribution is 2.31. The minimum atomic E-state index is -0.616. The smallest absolute Gasteiger partial charge is 0.305 e. The summed E-state index contributed by atoms with van der Waals surface area (Å²) >= 11 is 0. The summed E-state index contributed by atoms with van der Waals surface area (Å²) in [5.74, 6) is -0.258. The lowest BCUT2D eigenvalue weighted by Crippen LogP contribution is -2.38. The Balaban J connectivity index is 4.34. The number of hydrogen-bond acceptors (Lipinski definition) is 4. The number of esters is 1. The molecule has 0 radical (unpaired) electrons. The maximum atomic E-state index is 11.1. The lowest BCUT2D eigenvalue weighted by atomic mass is 9.77. The first kappa shape index (κ1) is 16.4. The van der Waals surface area contributed by atoms with Crippen molar-refractivity contribution in [2.24, 2.45) is 10.8 Å². The lowest BCUT2D eigenvalue weighted by molar-refractivity contribution is -0.149. The molecule has 0 aromatic carbocycles. The van der Waals surface area contributed by atoms with Crippen LogP contribution in [0.3, 0.4) is 0 Å². The van der Waals surface area contributed by atoms with Crippen LogP contribution in [0.25, 0.3) is 0 Å². The van der Waals surface area contributed by atoms with Gasteiger partial charge in [0.1, 0.15) is 0 Å². The van der Waals surface area contributed by atoms with Crippen LogP contribution >= 0.6 is 0 Å². The Morgan fingerprint density at radius 2 is 1.82 bits per heavy atom. The fraction of sp³-hybridized carbons (Fsp3) is 0.923. The van der Waals surface area contributed by atoms with Gasteiger partial charge in [-0.1, -0.05) is 34.6 Å². The molecule has 0 aromatic heterocycles. The van der Waals surface area contributed by atoms with Crippen LogP contribution in [0.5, 0.6) is 0 Å². The van der Waals surface area contributed by atoms with E-state index in [1.165, 1.54) is 0 Å². The highest BCUT2D eigenvalue weighted by Gasteiger charge is 2.33. The Morgan fingerprint density at radius 3 is 2.24 bits per heavy atom. The second kappa shape index (κ2) is 6.36. The number of aliphatic hydroxyl groups excluding tert-OH is 2. The third-order valence-electron chi connectivity index (χ3n) is 2.97. The first-order valence-electron chi connectivity index (χ1n) is 6.09. The van der Waals surface area contributed by atoms with Gasteiger partial charge >= 0.3 is 5.97 Å². The second-order valence-corrected chi connectivity index (χ2v) is 6.05. The van der Waals surface area contributed by atoms with Gasteiger partial charge in [-0.05, 0) is 11.8 Å². The lowest BCUT2D eigenvalue weighted by Gasteiger charge is -2.34. The van der Waals surface area contributed by atoms with Gasteiger partial charge in [-0.2, -0.15) is 0 Å². The molecular formula is C13H26O4. The van der Waals surface area contributed by atoms with E-state index < -0.39 is 11.5 Å². The monoisotopic (exact) mass is 246 g/mol. The molecule has 0 saturated carbocycles. The zero-order valence-corrected chi connectivity index (χ0v) is 11.6. The van der Waals surface area contributed by atoms with Gasteiger partial charge in [0.2, 0.25) is 0 Å². The Kier molecular flexibility index (Phi) is 6.13. The highest BCUT2D eigenvalue weighted by molar-refractivity contribution is 5.68. The Morgan fingerprint density at radius 1 is 1.29 bits per heavy atom. The van der Waals surface area contributed by atoms with E-state index >= 15 is 0 Å². The van der Waals surface area contributed by atoms with Crippen LogP contribution in [0.4, 0.5) is 0 Å². The van der Waals surface area contributed by atoms with Gasteiger partial charge in [0, 0.05) is 18.4 Å². The number of carbonyl (C=O) groups excluding carboxylic acids is 1. The topological polar surface area (TPSA) is 66.8 Å². The largest absolute Gasteiger partial charge is 0.465 e. The third-order valence-corrected chi connectivity index (χ3v) is 2.97. The van der Waals surface area contributed by atoms with Crippen molar-refractivity contribution in [1.29, 1.82) is 0 Å². The van der Waals surface area contributed by atoms with E-state index in [0.29, 0.717) is 12.8 Å². The molecule has 1 atom stereocenters. The first-order valence-corrected chi connectivity index (χ1v) is 6.09. The molecule has 0 aromatic rings. The summed E-state index contributed by atoms with van der Waals surface area (Å²) in [6, 6.07) is 0. The van der Waals surface area contributed by atoms with Crippen molar-refractivity contribution in [3.8, 4) is 0 Å². The van der Waals surface area contributed by atoms with E-state index in [-0.39, 0.29) is 24.6 Å². The number of ether oxygens (including phenoxy) is 1. The van der Waals surface area contributed by atoms with Gasteiger partial charge in [-0.25, -0.2) is 0 Å². The molecule has 0 rings (SSSR count). The Hall–Kier alpha value is -0.610. The van der Waals surface area contributed by atoms with Crippen molar-refractivity contribution in [3.63, 3.8) is 0 Å². The van der Waals surface area contributed by atoms with Gasteiger partial charge in [-0.15, -0.1) is 0 Å². The summed E-state index contributed by atoms with van der Waals surface area (Å²) in [5, 5.41) is 19.3. The molecule has 17 heavy (non-hydrogen) atoms. The molecule has 1 unspecified atom stereocenters. The maximum Gasteiger partial charge on any atom is 0.305 e. The van der Waals surface area contributed by atoms with Crippen LogP contribution in [0.2, 0.25) is 0 Å². The second-order valence-electron chi connectivity index (χ2n) is 6.05. The Labute approximate surface area is 104 Å². The fourth-order valence-electron chi connectivity index (χ4n) is 1.33. The molecule has 0 aliphatic rings. The minimum absolute atomic E-state index is 0.0227. The normalized spacial score (nSPS) is 14.5. The van der Waals surface area contributed by atoms with Crippen molar-refractivity contribution in [2.75, 3.05) is 13.2 Å². The van der Waals surface area contributed by atoms with E-state index in [4.69, 9.17) is 9.84 Å². The molecule has 0 bridgehead atoms. The van der Waals surface area contributed by atoms with Crippen LogP contribution in [-0.2, 0) is 9.53 Å².